The molecule has 0 aromatic rings. The maximum atomic E-state index is 13.2. The second-order valence-electron chi connectivity index (χ2n) is 21.1. The van der Waals surface area contributed by atoms with E-state index in [1.54, 1.807) is 6.08 Å². The van der Waals surface area contributed by atoms with E-state index in [9.17, 15) is 45.6 Å². The number of aliphatic hydroxyl groups is 8. The summed E-state index contributed by atoms with van der Waals surface area (Å²) in [4.78, 5) is 13.2. The van der Waals surface area contributed by atoms with Crippen molar-refractivity contribution in [1.82, 2.24) is 5.32 Å². The number of carbonyl (C=O) groups excluding carboxylic acids is 1. The maximum Gasteiger partial charge on any atom is 0.220 e. The van der Waals surface area contributed by atoms with Crippen LogP contribution < -0.4 is 5.32 Å². The van der Waals surface area contributed by atoms with Crippen molar-refractivity contribution in [3.05, 3.63) is 36.5 Å². The Hall–Kier alpha value is -1.79. The van der Waals surface area contributed by atoms with Crippen molar-refractivity contribution in [2.45, 2.75) is 312 Å². The number of carbonyl (C=O) groups is 1. The van der Waals surface area contributed by atoms with E-state index in [1.165, 1.54) is 154 Å². The molecule has 73 heavy (non-hydrogen) atoms. The van der Waals surface area contributed by atoms with Crippen LogP contribution in [-0.2, 0) is 23.7 Å². The number of aliphatic hydroxyl groups excluding tert-OH is 8. The molecular weight excluding hydrogens is 931 g/mol. The Morgan fingerprint density at radius 1 is 0.479 bits per heavy atom. The highest BCUT2D eigenvalue weighted by Gasteiger charge is 2.51. The van der Waals surface area contributed by atoms with Crippen LogP contribution in [0.3, 0.4) is 0 Å². The highest BCUT2D eigenvalue weighted by molar-refractivity contribution is 5.76. The summed E-state index contributed by atoms with van der Waals surface area (Å²) in [6, 6.07) is -0.934. The standard InChI is InChI=1S/C59H109NO13/c1-3-5-7-9-11-13-15-16-17-18-19-20-21-22-23-24-25-26-27-28-29-30-31-33-35-37-39-41-43-51(64)60-47(48(63)42-40-38-36-34-32-14-12-10-8-6-4-2)46-70-58-56(69)54(67)57(50(45-62)72-58)73-59-55(68)53(66)52(65)49(44-61)71-59/h8,10,32,34,40,42,47-50,52-59,61-63,65-69H,3-7,9,11-31,33,35-39,41,43-46H2,1-2H3,(H,60,64)/b10-8+,34-32+,42-40+. The predicted molar refractivity (Wildman–Crippen MR) is 291 cm³/mol. The minimum absolute atomic E-state index is 0.252. The first-order valence-corrected chi connectivity index (χ1v) is 29.7. The lowest BCUT2D eigenvalue weighted by Crippen LogP contribution is -2.65. The molecule has 9 N–H and O–H groups in total. The Morgan fingerprint density at radius 2 is 0.877 bits per heavy atom. The minimum Gasteiger partial charge on any atom is -0.394 e. The number of hydrogen-bond donors (Lipinski definition) is 9. The van der Waals surface area contributed by atoms with Gasteiger partial charge in [-0.3, -0.25) is 4.79 Å². The number of allylic oxidation sites excluding steroid dienone is 5. The van der Waals surface area contributed by atoms with Crippen molar-refractivity contribution in [3.8, 4) is 0 Å². The SMILES string of the molecule is CCC/C=C/CC/C=C/CC/C=C/C(O)C(COC1OC(CO)C(OC2OC(CO)C(O)C(O)C2O)C(O)C1O)NC(=O)CCCCCCCCCCCCCCCCCCCCCCCCCCCCCC. The van der Waals surface area contributed by atoms with Gasteiger partial charge in [-0.2, -0.15) is 0 Å². The van der Waals surface area contributed by atoms with Crippen molar-refractivity contribution in [2.24, 2.45) is 0 Å². The zero-order valence-corrected chi connectivity index (χ0v) is 45.9. The summed E-state index contributed by atoms with van der Waals surface area (Å²) in [6.07, 6.45) is 37.9. The third kappa shape index (κ3) is 31.3. The number of nitrogens with one attached hydrogen (secondary N) is 1. The van der Waals surface area contributed by atoms with Gasteiger partial charge in [-0.1, -0.05) is 230 Å². The van der Waals surface area contributed by atoms with Crippen LogP contribution >= 0.6 is 0 Å². The second-order valence-corrected chi connectivity index (χ2v) is 21.1. The van der Waals surface area contributed by atoms with E-state index in [-0.39, 0.29) is 18.9 Å². The van der Waals surface area contributed by atoms with Gasteiger partial charge in [0.2, 0.25) is 5.91 Å². The Kier molecular flexibility index (Phi) is 41.7. The summed E-state index contributed by atoms with van der Waals surface area (Å²) in [5, 5.41) is 86.8. The first kappa shape index (κ1) is 67.3. The highest BCUT2D eigenvalue weighted by atomic mass is 16.7. The molecule has 2 aliphatic heterocycles. The molecule has 14 heteroatoms. The van der Waals surface area contributed by atoms with Crippen molar-refractivity contribution >= 4 is 5.91 Å². The Morgan fingerprint density at radius 3 is 1.32 bits per heavy atom. The predicted octanol–water partition coefficient (Wildman–Crippen LogP) is 9.83. The molecule has 14 nitrogen and oxygen atoms in total. The smallest absolute Gasteiger partial charge is 0.220 e. The Bertz CT molecular complexity index is 1370. The number of unbranched alkanes of at least 4 members (excludes halogenated alkanes) is 30. The summed E-state index contributed by atoms with van der Waals surface area (Å²) in [5.74, 6) is -0.252. The fraction of sp³-hybridized carbons (Fsp3) is 0.881. The highest BCUT2D eigenvalue weighted by Crippen LogP contribution is 2.30. The maximum absolute atomic E-state index is 13.2. The molecule has 2 heterocycles. The molecule has 2 rings (SSSR count). The first-order valence-electron chi connectivity index (χ1n) is 29.7. The lowest BCUT2D eigenvalue weighted by Gasteiger charge is -2.46. The molecule has 12 unspecified atom stereocenters. The van der Waals surface area contributed by atoms with E-state index < -0.39 is 86.8 Å². The van der Waals surface area contributed by atoms with Gasteiger partial charge in [0.05, 0.1) is 32.0 Å². The van der Waals surface area contributed by atoms with Crippen molar-refractivity contribution in [2.75, 3.05) is 19.8 Å². The number of ether oxygens (including phenoxy) is 4. The third-order valence-corrected chi connectivity index (χ3v) is 14.5. The van der Waals surface area contributed by atoms with E-state index >= 15 is 0 Å². The van der Waals surface area contributed by atoms with E-state index in [0.29, 0.717) is 12.8 Å². The number of amides is 1. The van der Waals surface area contributed by atoms with Gasteiger partial charge in [0, 0.05) is 6.42 Å². The van der Waals surface area contributed by atoms with E-state index in [0.717, 1.165) is 51.4 Å². The summed E-state index contributed by atoms with van der Waals surface area (Å²) in [6.45, 7) is 2.70. The molecule has 2 fully saturated rings. The van der Waals surface area contributed by atoms with E-state index in [4.69, 9.17) is 18.9 Å². The average Bonchev–Trinajstić information content (AvgIpc) is 3.39. The molecule has 0 radical (unpaired) electrons. The van der Waals surface area contributed by atoms with Crippen molar-refractivity contribution in [1.29, 1.82) is 0 Å². The topological polar surface area (TPSA) is 228 Å². The van der Waals surface area contributed by atoms with Gasteiger partial charge in [-0.05, 0) is 38.5 Å². The molecular formula is C59H109NO13. The van der Waals surface area contributed by atoms with Crippen LogP contribution in [0.2, 0.25) is 0 Å². The van der Waals surface area contributed by atoms with Crippen LogP contribution in [0.5, 0.6) is 0 Å². The van der Waals surface area contributed by atoms with Gasteiger partial charge in [-0.15, -0.1) is 0 Å². The molecule has 2 aliphatic rings. The van der Waals surface area contributed by atoms with E-state index in [1.807, 2.05) is 6.08 Å². The van der Waals surface area contributed by atoms with Gasteiger partial charge < -0.3 is 65.1 Å². The Balaban J connectivity index is 1.67. The summed E-state index contributed by atoms with van der Waals surface area (Å²) < 4.78 is 22.7. The molecule has 0 aliphatic carbocycles. The summed E-state index contributed by atoms with van der Waals surface area (Å²) in [5.41, 5.74) is 0. The summed E-state index contributed by atoms with van der Waals surface area (Å²) in [7, 11) is 0. The first-order chi connectivity index (χ1) is 35.6. The molecule has 1 amide bonds. The van der Waals surface area contributed by atoms with Gasteiger partial charge in [0.25, 0.3) is 0 Å². The van der Waals surface area contributed by atoms with Gasteiger partial charge in [0.15, 0.2) is 12.6 Å². The van der Waals surface area contributed by atoms with Crippen LogP contribution in [-0.4, -0.2) is 140 Å². The number of hydrogen-bond acceptors (Lipinski definition) is 13. The van der Waals surface area contributed by atoms with Gasteiger partial charge >= 0.3 is 0 Å². The monoisotopic (exact) mass is 1040 g/mol. The average molecular weight is 1040 g/mol. The quantitative estimate of drug-likeness (QED) is 0.0205. The molecule has 0 spiro atoms. The van der Waals surface area contributed by atoms with Crippen LogP contribution in [0.4, 0.5) is 0 Å². The number of rotatable bonds is 47. The normalized spacial score (nSPS) is 25.6. The van der Waals surface area contributed by atoms with Crippen molar-refractivity contribution in [3.63, 3.8) is 0 Å². The molecule has 428 valence electrons. The molecule has 2 saturated heterocycles. The fourth-order valence-electron chi connectivity index (χ4n) is 9.74. The van der Waals surface area contributed by atoms with Crippen LogP contribution in [0.25, 0.3) is 0 Å². The second kappa shape index (κ2) is 45.3. The van der Waals surface area contributed by atoms with Gasteiger partial charge in [-0.25, -0.2) is 0 Å². The largest absolute Gasteiger partial charge is 0.394 e. The summed E-state index contributed by atoms with van der Waals surface area (Å²) >= 11 is 0. The lowest BCUT2D eigenvalue weighted by atomic mass is 9.97. The zero-order chi connectivity index (χ0) is 53.2. The minimum atomic E-state index is -1.79. The molecule has 12 atom stereocenters. The molecule has 0 aromatic heterocycles. The molecule has 0 bridgehead atoms. The van der Waals surface area contributed by atoms with Crippen LogP contribution in [0.1, 0.15) is 239 Å². The molecule has 0 aromatic carbocycles. The van der Waals surface area contributed by atoms with E-state index in [2.05, 4.69) is 43.5 Å². The lowest BCUT2D eigenvalue weighted by molar-refractivity contribution is -0.359. The van der Waals surface area contributed by atoms with Crippen molar-refractivity contribution < 1.29 is 64.6 Å². The van der Waals surface area contributed by atoms with Crippen LogP contribution in [0.15, 0.2) is 36.5 Å². The zero-order valence-electron chi connectivity index (χ0n) is 45.9. The Labute approximate surface area is 442 Å². The van der Waals surface area contributed by atoms with Gasteiger partial charge in [0.1, 0.15) is 48.8 Å². The third-order valence-electron chi connectivity index (χ3n) is 14.5. The van der Waals surface area contributed by atoms with Crippen LogP contribution in [0, 0.1) is 0 Å². The fourth-order valence-corrected chi connectivity index (χ4v) is 9.74. The molecule has 0 saturated carbocycles.